The van der Waals surface area contributed by atoms with Crippen LogP contribution < -0.4 is 10.9 Å². The molecule has 2 heterocycles. The number of hydrogen-bond acceptors (Lipinski definition) is 8. The molecule has 0 bridgehead atoms. The van der Waals surface area contributed by atoms with Crippen molar-refractivity contribution in [2.45, 2.75) is 39.8 Å². The smallest absolute Gasteiger partial charge is 0.422 e. The van der Waals surface area contributed by atoms with Gasteiger partial charge in [0.25, 0.3) is 11.8 Å². The lowest BCUT2D eigenvalue weighted by atomic mass is 10.1. The molecule has 1 saturated heterocycles. The first-order valence-electron chi connectivity index (χ1n) is 10.6. The fourth-order valence-corrected chi connectivity index (χ4v) is 3.29. The van der Waals surface area contributed by atoms with E-state index in [1.54, 1.807) is 24.3 Å². The summed E-state index contributed by atoms with van der Waals surface area (Å²) in [6.07, 6.45) is -0.844. The van der Waals surface area contributed by atoms with E-state index in [0.29, 0.717) is 28.2 Å². The van der Waals surface area contributed by atoms with Gasteiger partial charge in [-0.05, 0) is 36.9 Å². The van der Waals surface area contributed by atoms with E-state index in [1.165, 1.54) is 0 Å². The highest BCUT2D eigenvalue weighted by atomic mass is 16.7. The Hall–Kier alpha value is -3.24. The molecular weight excluding hydrogens is 418 g/mol. The van der Waals surface area contributed by atoms with Gasteiger partial charge in [-0.1, -0.05) is 19.9 Å². The Bertz CT molecular complexity index is 1030. The van der Waals surface area contributed by atoms with E-state index >= 15 is 0 Å². The van der Waals surface area contributed by atoms with Gasteiger partial charge in [-0.25, -0.2) is 9.59 Å². The Kier molecular flexibility index (Phi) is 7.96. The number of benzene rings is 1. The quantitative estimate of drug-likeness (QED) is 0.335. The summed E-state index contributed by atoms with van der Waals surface area (Å²) in [5.74, 6) is -1.09. The highest BCUT2D eigenvalue weighted by Crippen LogP contribution is 2.17. The number of carbonyl (C=O) groups is 3. The molecule has 32 heavy (non-hydrogen) atoms. The minimum Gasteiger partial charge on any atom is -0.422 e. The van der Waals surface area contributed by atoms with Crippen molar-refractivity contribution in [3.05, 3.63) is 45.8 Å². The molecule has 0 unspecified atom stereocenters. The van der Waals surface area contributed by atoms with Crippen molar-refractivity contribution in [2.75, 3.05) is 26.2 Å². The third kappa shape index (κ3) is 5.92. The van der Waals surface area contributed by atoms with Crippen LogP contribution in [0.5, 0.6) is 0 Å². The SMILES string of the molecule is CCN(CC)CCOCc1cc2cc(CNC(=O)ON3C(=O)CCC3=O)ccc2oc1=O. The molecule has 0 atom stereocenters. The van der Waals surface area contributed by atoms with Crippen LogP contribution in [0.15, 0.2) is 33.5 Å². The van der Waals surface area contributed by atoms with E-state index in [1.807, 2.05) is 0 Å². The summed E-state index contributed by atoms with van der Waals surface area (Å²) in [5.41, 5.74) is 1.10. The predicted molar refractivity (Wildman–Crippen MR) is 114 cm³/mol. The van der Waals surface area contributed by atoms with E-state index in [9.17, 15) is 19.2 Å². The lowest BCUT2D eigenvalue weighted by Crippen LogP contribution is -2.36. The maximum absolute atomic E-state index is 12.2. The van der Waals surface area contributed by atoms with E-state index in [4.69, 9.17) is 14.0 Å². The Morgan fingerprint density at radius 3 is 2.53 bits per heavy atom. The lowest BCUT2D eigenvalue weighted by molar-refractivity contribution is -0.171. The van der Waals surface area contributed by atoms with Gasteiger partial charge >= 0.3 is 11.7 Å². The van der Waals surface area contributed by atoms with Gasteiger partial charge in [-0.2, -0.15) is 0 Å². The molecule has 1 aliphatic rings. The number of nitrogens with one attached hydrogen (secondary N) is 1. The zero-order valence-corrected chi connectivity index (χ0v) is 18.2. The number of carbonyl (C=O) groups excluding carboxylic acids is 3. The Morgan fingerprint density at radius 2 is 1.84 bits per heavy atom. The summed E-state index contributed by atoms with van der Waals surface area (Å²) < 4.78 is 11.0. The second-order valence-electron chi connectivity index (χ2n) is 7.32. The molecule has 1 N–H and O–H groups in total. The first-order chi connectivity index (χ1) is 15.4. The van der Waals surface area contributed by atoms with Gasteiger partial charge in [0.2, 0.25) is 0 Å². The topological polar surface area (TPSA) is 118 Å². The molecule has 0 aliphatic carbocycles. The normalized spacial score (nSPS) is 13.9. The fraction of sp³-hybridized carbons (Fsp3) is 0.455. The predicted octanol–water partition coefficient (Wildman–Crippen LogP) is 1.94. The molecule has 3 rings (SSSR count). The highest BCUT2D eigenvalue weighted by molar-refractivity contribution is 6.01. The van der Waals surface area contributed by atoms with Crippen molar-refractivity contribution < 1.29 is 28.4 Å². The zero-order valence-electron chi connectivity index (χ0n) is 18.2. The molecule has 1 aliphatic heterocycles. The molecule has 172 valence electrons. The highest BCUT2D eigenvalue weighted by Gasteiger charge is 2.32. The number of imide groups is 1. The average molecular weight is 445 g/mol. The van der Waals surface area contributed by atoms with Crippen molar-refractivity contribution in [1.82, 2.24) is 15.3 Å². The van der Waals surface area contributed by atoms with Crippen molar-refractivity contribution in [3.8, 4) is 0 Å². The van der Waals surface area contributed by atoms with Crippen molar-refractivity contribution >= 4 is 28.9 Å². The second-order valence-corrected chi connectivity index (χ2v) is 7.32. The monoisotopic (exact) mass is 445 g/mol. The summed E-state index contributed by atoms with van der Waals surface area (Å²) >= 11 is 0. The first kappa shape index (κ1) is 23.4. The molecular formula is C22H27N3O7. The Morgan fingerprint density at radius 1 is 1.12 bits per heavy atom. The maximum Gasteiger partial charge on any atom is 0.432 e. The summed E-state index contributed by atoms with van der Waals surface area (Å²) in [6, 6.07) is 6.81. The van der Waals surface area contributed by atoms with Crippen LogP contribution in [-0.2, 0) is 32.3 Å². The van der Waals surface area contributed by atoms with Crippen LogP contribution in [0.25, 0.3) is 11.0 Å². The van der Waals surface area contributed by atoms with Crippen LogP contribution in [0.1, 0.15) is 37.8 Å². The van der Waals surface area contributed by atoms with Crippen LogP contribution in [0.2, 0.25) is 0 Å². The number of hydroxylamine groups is 2. The zero-order chi connectivity index (χ0) is 23.1. The number of nitrogens with zero attached hydrogens (tertiary/aromatic N) is 2. The molecule has 3 amide bonds. The largest absolute Gasteiger partial charge is 0.432 e. The van der Waals surface area contributed by atoms with Gasteiger partial charge in [0.15, 0.2) is 0 Å². The van der Waals surface area contributed by atoms with Gasteiger partial charge in [-0.3, -0.25) is 9.59 Å². The van der Waals surface area contributed by atoms with Crippen LogP contribution in [0.4, 0.5) is 4.79 Å². The summed E-state index contributed by atoms with van der Waals surface area (Å²) in [6.45, 7) is 7.57. The molecule has 0 radical (unpaired) electrons. The average Bonchev–Trinajstić information content (AvgIpc) is 3.10. The molecule has 0 spiro atoms. The Labute approximate surface area is 185 Å². The maximum atomic E-state index is 12.2. The Balaban J connectivity index is 1.58. The third-order valence-electron chi connectivity index (χ3n) is 5.19. The molecule has 1 aromatic heterocycles. The summed E-state index contributed by atoms with van der Waals surface area (Å²) in [4.78, 5) is 54.1. The molecule has 1 aromatic carbocycles. The fourth-order valence-electron chi connectivity index (χ4n) is 3.29. The van der Waals surface area contributed by atoms with Crippen molar-refractivity contribution in [3.63, 3.8) is 0 Å². The number of ether oxygens (including phenoxy) is 1. The number of amides is 3. The lowest BCUT2D eigenvalue weighted by Gasteiger charge is -2.17. The standard InChI is InChI=1S/C22H27N3O7/c1-3-24(4-2)9-10-30-14-17-12-16-11-15(5-6-18(16)31-21(17)28)13-23-22(29)32-25-19(26)7-8-20(25)27/h5-6,11-12H,3-4,7-10,13-14H2,1-2H3,(H,23,29). The number of fused-ring (bicyclic) bond motifs is 1. The summed E-state index contributed by atoms with van der Waals surface area (Å²) in [7, 11) is 0. The summed E-state index contributed by atoms with van der Waals surface area (Å²) in [5, 5.41) is 3.66. The van der Waals surface area contributed by atoms with Gasteiger partial charge in [0, 0.05) is 31.3 Å². The minimum atomic E-state index is -0.907. The van der Waals surface area contributed by atoms with Gasteiger partial charge < -0.3 is 24.2 Å². The number of likely N-dealkylation sites (N-methyl/N-ethyl adjacent to an activating group) is 1. The van der Waals surface area contributed by atoms with Crippen LogP contribution in [-0.4, -0.2) is 54.1 Å². The van der Waals surface area contributed by atoms with Gasteiger partial charge in [0.05, 0.1) is 18.8 Å². The minimum absolute atomic E-state index is 0.0313. The van der Waals surface area contributed by atoms with E-state index in [2.05, 4.69) is 24.1 Å². The van der Waals surface area contributed by atoms with E-state index in [0.717, 1.165) is 25.2 Å². The third-order valence-corrected chi connectivity index (χ3v) is 5.19. The van der Waals surface area contributed by atoms with Crippen molar-refractivity contribution in [2.24, 2.45) is 0 Å². The van der Waals surface area contributed by atoms with Crippen LogP contribution >= 0.6 is 0 Å². The van der Waals surface area contributed by atoms with E-state index in [-0.39, 0.29) is 26.0 Å². The van der Waals surface area contributed by atoms with Crippen LogP contribution in [0.3, 0.4) is 0 Å². The van der Waals surface area contributed by atoms with Crippen LogP contribution in [0, 0.1) is 0 Å². The number of rotatable bonds is 10. The second kappa shape index (κ2) is 10.9. The van der Waals surface area contributed by atoms with Crippen molar-refractivity contribution in [1.29, 1.82) is 0 Å². The molecule has 1 fully saturated rings. The number of hydrogen-bond donors (Lipinski definition) is 1. The first-order valence-corrected chi connectivity index (χ1v) is 10.6. The molecule has 0 saturated carbocycles. The van der Waals surface area contributed by atoms with E-state index < -0.39 is 23.5 Å². The van der Waals surface area contributed by atoms with Gasteiger partial charge in [-0.15, -0.1) is 5.06 Å². The van der Waals surface area contributed by atoms with Gasteiger partial charge in [0.1, 0.15) is 5.58 Å². The molecule has 10 heteroatoms. The molecule has 2 aromatic rings. The molecule has 10 nitrogen and oxygen atoms in total.